The van der Waals surface area contributed by atoms with Gasteiger partial charge in [-0.2, -0.15) is 0 Å². The second kappa shape index (κ2) is 6.39. The van der Waals surface area contributed by atoms with E-state index in [9.17, 15) is 9.59 Å². The molecule has 0 aromatic heterocycles. The molecule has 5 nitrogen and oxygen atoms in total. The lowest BCUT2D eigenvalue weighted by Crippen LogP contribution is -2.47. The number of hydrogen-bond donors (Lipinski definition) is 3. The number of amides is 1. The maximum atomic E-state index is 11.6. The van der Waals surface area contributed by atoms with Crippen LogP contribution in [-0.4, -0.2) is 29.1 Å². The molecule has 1 fully saturated rings. The molecule has 17 heavy (non-hydrogen) atoms. The molecule has 0 aromatic carbocycles. The fourth-order valence-electron chi connectivity index (χ4n) is 2.14. The van der Waals surface area contributed by atoms with Gasteiger partial charge in [0.25, 0.3) is 0 Å². The smallest absolute Gasteiger partial charge is 0.306 e. The minimum atomic E-state index is -0.778. The van der Waals surface area contributed by atoms with Crippen molar-refractivity contribution in [3.8, 4) is 0 Å². The van der Waals surface area contributed by atoms with E-state index < -0.39 is 12.0 Å². The van der Waals surface area contributed by atoms with Crippen LogP contribution in [0.1, 0.15) is 32.1 Å². The normalized spacial score (nSPS) is 25.9. The Hall–Kier alpha value is -1.36. The molecule has 0 aromatic rings. The van der Waals surface area contributed by atoms with Crippen LogP contribution in [0.2, 0.25) is 0 Å². The summed E-state index contributed by atoms with van der Waals surface area (Å²) in [5, 5.41) is 11.7. The van der Waals surface area contributed by atoms with E-state index in [2.05, 4.69) is 11.9 Å². The highest BCUT2D eigenvalue weighted by molar-refractivity contribution is 5.82. The Morgan fingerprint density at radius 2 is 2.24 bits per heavy atom. The van der Waals surface area contributed by atoms with Gasteiger partial charge in [0.15, 0.2) is 0 Å². The van der Waals surface area contributed by atoms with E-state index in [0.29, 0.717) is 19.3 Å². The largest absolute Gasteiger partial charge is 0.481 e. The number of aliphatic carboxylic acids is 1. The van der Waals surface area contributed by atoms with Gasteiger partial charge in [-0.25, -0.2) is 0 Å². The average Bonchev–Trinajstić information content (AvgIpc) is 2.29. The third-order valence-corrected chi connectivity index (χ3v) is 3.13. The molecule has 1 saturated carbocycles. The number of carbonyl (C=O) groups excluding carboxylic acids is 1. The van der Waals surface area contributed by atoms with Crippen molar-refractivity contribution in [2.75, 3.05) is 0 Å². The molecule has 96 valence electrons. The van der Waals surface area contributed by atoms with Gasteiger partial charge in [-0.05, 0) is 25.7 Å². The highest BCUT2D eigenvalue weighted by atomic mass is 16.4. The first-order chi connectivity index (χ1) is 8.04. The first kappa shape index (κ1) is 13.7. The van der Waals surface area contributed by atoms with Crippen molar-refractivity contribution in [3.63, 3.8) is 0 Å². The summed E-state index contributed by atoms with van der Waals surface area (Å²) in [5.74, 6) is -1.34. The minimum absolute atomic E-state index is 0.0618. The van der Waals surface area contributed by atoms with E-state index in [1.807, 2.05) is 0 Å². The molecular weight excluding hydrogens is 220 g/mol. The molecular formula is C12H20N2O3. The molecule has 0 aliphatic heterocycles. The number of nitrogens with one attached hydrogen (secondary N) is 1. The highest BCUT2D eigenvalue weighted by Crippen LogP contribution is 2.24. The van der Waals surface area contributed by atoms with Crippen LogP contribution in [0, 0.1) is 5.92 Å². The van der Waals surface area contributed by atoms with Crippen LogP contribution in [0.3, 0.4) is 0 Å². The van der Waals surface area contributed by atoms with E-state index in [-0.39, 0.29) is 17.9 Å². The molecule has 3 atom stereocenters. The Morgan fingerprint density at radius 1 is 1.53 bits per heavy atom. The summed E-state index contributed by atoms with van der Waals surface area (Å²) in [6, 6.07) is -0.647. The van der Waals surface area contributed by atoms with Crippen LogP contribution in [0.4, 0.5) is 0 Å². The van der Waals surface area contributed by atoms with Crippen molar-refractivity contribution in [2.24, 2.45) is 11.7 Å². The van der Waals surface area contributed by atoms with Gasteiger partial charge in [0, 0.05) is 6.04 Å². The van der Waals surface area contributed by atoms with Gasteiger partial charge in [0.2, 0.25) is 5.91 Å². The van der Waals surface area contributed by atoms with Crippen LogP contribution in [-0.2, 0) is 9.59 Å². The van der Waals surface area contributed by atoms with Crippen LogP contribution >= 0.6 is 0 Å². The van der Waals surface area contributed by atoms with Crippen LogP contribution in [0.5, 0.6) is 0 Å². The summed E-state index contributed by atoms with van der Waals surface area (Å²) in [4.78, 5) is 22.5. The summed E-state index contributed by atoms with van der Waals surface area (Å²) >= 11 is 0. The number of hydrogen-bond acceptors (Lipinski definition) is 3. The molecule has 4 N–H and O–H groups in total. The van der Waals surface area contributed by atoms with Gasteiger partial charge in [-0.1, -0.05) is 12.5 Å². The maximum absolute atomic E-state index is 11.6. The topological polar surface area (TPSA) is 92.4 Å². The van der Waals surface area contributed by atoms with Crippen molar-refractivity contribution < 1.29 is 14.7 Å². The monoisotopic (exact) mass is 240 g/mol. The Bertz CT molecular complexity index is 304. The second-order valence-corrected chi connectivity index (χ2v) is 4.54. The first-order valence-electron chi connectivity index (χ1n) is 5.94. The third-order valence-electron chi connectivity index (χ3n) is 3.13. The van der Waals surface area contributed by atoms with E-state index in [0.717, 1.165) is 12.8 Å². The summed E-state index contributed by atoms with van der Waals surface area (Å²) in [6.07, 6.45) is 4.89. The van der Waals surface area contributed by atoms with Crippen molar-refractivity contribution in [1.29, 1.82) is 0 Å². The molecule has 0 saturated heterocycles. The minimum Gasteiger partial charge on any atom is -0.481 e. The van der Waals surface area contributed by atoms with Crippen LogP contribution in [0.25, 0.3) is 0 Å². The summed E-state index contributed by atoms with van der Waals surface area (Å²) in [5.41, 5.74) is 5.64. The average molecular weight is 240 g/mol. The number of carboxylic acid groups (broad SMARTS) is 1. The predicted molar refractivity (Wildman–Crippen MR) is 64.3 cm³/mol. The van der Waals surface area contributed by atoms with Crippen molar-refractivity contribution in [3.05, 3.63) is 12.7 Å². The van der Waals surface area contributed by atoms with E-state index in [4.69, 9.17) is 10.8 Å². The summed E-state index contributed by atoms with van der Waals surface area (Å²) in [6.45, 7) is 3.53. The Morgan fingerprint density at radius 3 is 2.82 bits per heavy atom. The Balaban J connectivity index is 2.43. The molecule has 1 aliphatic carbocycles. The fourth-order valence-corrected chi connectivity index (χ4v) is 2.14. The number of carboxylic acids is 1. The number of nitrogens with two attached hydrogens (primary N) is 1. The van der Waals surface area contributed by atoms with E-state index >= 15 is 0 Å². The van der Waals surface area contributed by atoms with E-state index in [1.54, 1.807) is 6.08 Å². The molecule has 1 amide bonds. The lowest BCUT2D eigenvalue weighted by atomic mass is 9.85. The van der Waals surface area contributed by atoms with Gasteiger partial charge >= 0.3 is 5.97 Å². The summed E-state index contributed by atoms with van der Waals surface area (Å²) < 4.78 is 0. The van der Waals surface area contributed by atoms with Crippen molar-refractivity contribution in [2.45, 2.75) is 44.2 Å². The Kier molecular flexibility index (Phi) is 5.15. The molecule has 3 unspecified atom stereocenters. The first-order valence-corrected chi connectivity index (χ1v) is 5.94. The third kappa shape index (κ3) is 4.19. The molecule has 1 aliphatic rings. The fraction of sp³-hybridized carbons (Fsp3) is 0.667. The van der Waals surface area contributed by atoms with Crippen molar-refractivity contribution in [1.82, 2.24) is 5.32 Å². The van der Waals surface area contributed by atoms with Gasteiger partial charge < -0.3 is 16.2 Å². The number of carbonyl (C=O) groups is 2. The zero-order chi connectivity index (χ0) is 12.8. The highest BCUT2D eigenvalue weighted by Gasteiger charge is 2.28. The maximum Gasteiger partial charge on any atom is 0.306 e. The number of rotatable bonds is 5. The SMILES string of the molecule is C=CCC(N)C(=O)NC1CCCC(C(=O)O)C1. The zero-order valence-corrected chi connectivity index (χ0v) is 9.89. The second-order valence-electron chi connectivity index (χ2n) is 4.54. The van der Waals surface area contributed by atoms with Gasteiger partial charge in [-0.3, -0.25) is 9.59 Å². The van der Waals surface area contributed by atoms with Crippen LogP contribution < -0.4 is 11.1 Å². The molecule has 1 rings (SSSR count). The summed E-state index contributed by atoms with van der Waals surface area (Å²) in [7, 11) is 0. The van der Waals surface area contributed by atoms with Crippen LogP contribution in [0.15, 0.2) is 12.7 Å². The van der Waals surface area contributed by atoms with Gasteiger partial charge in [0.05, 0.1) is 12.0 Å². The lowest BCUT2D eigenvalue weighted by Gasteiger charge is -2.28. The van der Waals surface area contributed by atoms with E-state index in [1.165, 1.54) is 0 Å². The molecule has 0 radical (unpaired) electrons. The Labute approximate surface area is 101 Å². The van der Waals surface area contributed by atoms with Gasteiger partial charge in [0.1, 0.15) is 0 Å². The predicted octanol–water partition coefficient (Wildman–Crippen LogP) is 0.649. The standard InChI is InChI=1S/C12H20N2O3/c1-2-4-10(13)11(15)14-9-6-3-5-8(7-9)12(16)17/h2,8-10H,1,3-7,13H2,(H,14,15)(H,16,17). The lowest BCUT2D eigenvalue weighted by molar-refractivity contribution is -0.143. The molecule has 5 heteroatoms. The zero-order valence-electron chi connectivity index (χ0n) is 9.89. The molecule has 0 spiro atoms. The van der Waals surface area contributed by atoms with Crippen molar-refractivity contribution >= 4 is 11.9 Å². The quantitative estimate of drug-likeness (QED) is 0.615. The molecule has 0 bridgehead atoms. The molecule has 0 heterocycles. The van der Waals surface area contributed by atoms with Gasteiger partial charge in [-0.15, -0.1) is 6.58 Å².